The van der Waals surface area contributed by atoms with Gasteiger partial charge in [-0.2, -0.15) is 0 Å². The molecule has 1 aromatic carbocycles. The molecule has 1 aliphatic heterocycles. The Hall–Kier alpha value is -2.30. The van der Waals surface area contributed by atoms with Crippen LogP contribution in [0.15, 0.2) is 36.4 Å². The number of nitrogens with zero attached hydrogens (tertiary/aromatic N) is 3. The van der Waals surface area contributed by atoms with E-state index in [4.69, 9.17) is 4.74 Å². The molecule has 2 aliphatic rings. The smallest absolute Gasteiger partial charge is 0.127 e. The molecule has 2 heterocycles. The number of benzene rings is 1. The summed E-state index contributed by atoms with van der Waals surface area (Å²) in [5.74, 6) is 1.87. The second kappa shape index (κ2) is 8.92. The van der Waals surface area contributed by atoms with Crippen LogP contribution in [0.3, 0.4) is 0 Å². The zero-order valence-electron chi connectivity index (χ0n) is 20.4. The van der Waals surface area contributed by atoms with Gasteiger partial charge in [-0.05, 0) is 56.2 Å². The zero-order chi connectivity index (χ0) is 22.9. The summed E-state index contributed by atoms with van der Waals surface area (Å²) >= 11 is 0. The Morgan fingerprint density at radius 2 is 1.91 bits per heavy atom. The van der Waals surface area contributed by atoms with Crippen molar-refractivity contribution in [3.05, 3.63) is 47.6 Å². The average molecular weight is 438 g/mol. The molecule has 5 nitrogen and oxygen atoms in total. The van der Waals surface area contributed by atoms with E-state index in [-0.39, 0.29) is 16.9 Å². The lowest BCUT2D eigenvalue weighted by Crippen LogP contribution is -2.45. The SMILES string of the molecule is CCCCCCC(C)(C)c1cc(O)c2c(c1)OC(C)(C)C1CC=C(Cn3cnnc3)CC21. The molecule has 1 N–H and O–H groups in total. The molecular formula is C27H39N3O2. The molecule has 0 fully saturated rings. The molecule has 0 saturated heterocycles. The van der Waals surface area contributed by atoms with Gasteiger partial charge in [0.25, 0.3) is 0 Å². The van der Waals surface area contributed by atoms with Crippen molar-refractivity contribution >= 4 is 0 Å². The van der Waals surface area contributed by atoms with Gasteiger partial charge < -0.3 is 14.4 Å². The number of unbranched alkanes of at least 4 members (excludes halogenated alkanes) is 3. The molecule has 2 atom stereocenters. The van der Waals surface area contributed by atoms with Crippen molar-refractivity contribution in [2.24, 2.45) is 5.92 Å². The van der Waals surface area contributed by atoms with Crippen LogP contribution in [-0.4, -0.2) is 25.5 Å². The first kappa shape index (κ1) is 22.9. The third-order valence-corrected chi connectivity index (χ3v) is 7.67. The first-order chi connectivity index (χ1) is 15.2. The van der Waals surface area contributed by atoms with Gasteiger partial charge in [-0.25, -0.2) is 0 Å². The third-order valence-electron chi connectivity index (χ3n) is 7.67. The Labute approximate surface area is 192 Å². The number of ether oxygens (including phenoxy) is 1. The van der Waals surface area contributed by atoms with E-state index < -0.39 is 0 Å². The summed E-state index contributed by atoms with van der Waals surface area (Å²) in [5.41, 5.74) is 3.28. The van der Waals surface area contributed by atoms with Gasteiger partial charge >= 0.3 is 0 Å². The van der Waals surface area contributed by atoms with Crippen molar-refractivity contribution in [3.63, 3.8) is 0 Å². The van der Waals surface area contributed by atoms with Crippen LogP contribution in [0.1, 0.15) is 96.6 Å². The topological polar surface area (TPSA) is 60.2 Å². The number of allylic oxidation sites excluding steroid dienone is 2. The molecule has 0 saturated carbocycles. The summed E-state index contributed by atoms with van der Waals surface area (Å²) < 4.78 is 8.59. The van der Waals surface area contributed by atoms with Gasteiger partial charge in [-0.3, -0.25) is 0 Å². The van der Waals surface area contributed by atoms with E-state index in [0.29, 0.717) is 11.7 Å². The lowest BCUT2D eigenvalue weighted by Gasteiger charge is -2.47. The Kier molecular flexibility index (Phi) is 6.37. The van der Waals surface area contributed by atoms with Crippen LogP contribution in [0.4, 0.5) is 0 Å². The van der Waals surface area contributed by atoms with Crippen LogP contribution in [0, 0.1) is 5.92 Å². The summed E-state index contributed by atoms with van der Waals surface area (Å²) in [5, 5.41) is 19.1. The number of fused-ring (bicyclic) bond motifs is 3. The maximum atomic E-state index is 11.2. The molecule has 2 unspecified atom stereocenters. The van der Waals surface area contributed by atoms with Crippen LogP contribution >= 0.6 is 0 Å². The predicted octanol–water partition coefficient (Wildman–Crippen LogP) is 6.52. The van der Waals surface area contributed by atoms with E-state index in [1.54, 1.807) is 12.7 Å². The van der Waals surface area contributed by atoms with Gasteiger partial charge in [0, 0.05) is 23.9 Å². The van der Waals surface area contributed by atoms with Gasteiger partial charge in [0.15, 0.2) is 0 Å². The highest BCUT2D eigenvalue weighted by molar-refractivity contribution is 5.54. The molecule has 0 radical (unpaired) electrons. The second-order valence-corrected chi connectivity index (χ2v) is 11.0. The van der Waals surface area contributed by atoms with Gasteiger partial charge in [-0.1, -0.05) is 58.1 Å². The van der Waals surface area contributed by atoms with Gasteiger partial charge in [0.05, 0.1) is 0 Å². The normalized spacial score (nSPS) is 22.0. The molecule has 4 rings (SSSR count). The van der Waals surface area contributed by atoms with Crippen LogP contribution in [0.5, 0.6) is 11.5 Å². The summed E-state index contributed by atoms with van der Waals surface area (Å²) in [6, 6.07) is 4.22. The Morgan fingerprint density at radius 1 is 1.16 bits per heavy atom. The number of aromatic nitrogens is 3. The van der Waals surface area contributed by atoms with E-state index in [1.165, 1.54) is 36.8 Å². The number of phenolic OH excluding ortho intramolecular Hbond substituents is 1. The molecule has 0 bridgehead atoms. The second-order valence-electron chi connectivity index (χ2n) is 11.0. The largest absolute Gasteiger partial charge is 0.508 e. The van der Waals surface area contributed by atoms with E-state index in [9.17, 15) is 5.11 Å². The lowest BCUT2D eigenvalue weighted by molar-refractivity contribution is 0.00707. The van der Waals surface area contributed by atoms with Gasteiger partial charge in [0.1, 0.15) is 29.8 Å². The molecule has 1 aliphatic carbocycles. The number of hydrogen-bond donors (Lipinski definition) is 1. The van der Waals surface area contributed by atoms with Crippen molar-refractivity contribution in [2.75, 3.05) is 0 Å². The molecule has 0 spiro atoms. The minimum atomic E-state index is -0.271. The van der Waals surface area contributed by atoms with Crippen molar-refractivity contribution in [3.8, 4) is 11.5 Å². The highest BCUT2D eigenvalue weighted by Crippen LogP contribution is 2.55. The van der Waals surface area contributed by atoms with E-state index in [2.05, 4.69) is 57.0 Å². The Bertz CT molecular complexity index is 960. The first-order valence-corrected chi connectivity index (χ1v) is 12.3. The van der Waals surface area contributed by atoms with Crippen LogP contribution in [0.2, 0.25) is 0 Å². The summed E-state index contributed by atoms with van der Waals surface area (Å²) in [6.07, 6.45) is 13.9. The Balaban J connectivity index is 1.62. The maximum absolute atomic E-state index is 11.2. The van der Waals surface area contributed by atoms with E-state index >= 15 is 0 Å². The minimum Gasteiger partial charge on any atom is -0.508 e. The molecule has 2 aromatic rings. The number of phenols is 1. The predicted molar refractivity (Wildman–Crippen MR) is 128 cm³/mol. The lowest BCUT2D eigenvalue weighted by atomic mass is 9.66. The van der Waals surface area contributed by atoms with Crippen molar-refractivity contribution in [1.29, 1.82) is 0 Å². The molecule has 32 heavy (non-hydrogen) atoms. The van der Waals surface area contributed by atoms with Crippen molar-refractivity contribution in [1.82, 2.24) is 14.8 Å². The summed E-state index contributed by atoms with van der Waals surface area (Å²) in [7, 11) is 0. The fourth-order valence-electron chi connectivity index (χ4n) is 5.66. The van der Waals surface area contributed by atoms with Crippen LogP contribution in [-0.2, 0) is 12.0 Å². The first-order valence-electron chi connectivity index (χ1n) is 12.3. The Morgan fingerprint density at radius 3 is 2.62 bits per heavy atom. The monoisotopic (exact) mass is 437 g/mol. The standard InChI is InChI=1S/C27H39N3O2/c1-6-7-8-9-12-26(2,3)20-14-23(31)25-21-13-19(16-30-17-28-29-18-30)10-11-22(21)27(4,5)32-24(25)15-20/h10,14-15,17-18,21-22,31H,6-9,11-13,16H2,1-5H3. The molecular weight excluding hydrogens is 398 g/mol. The molecule has 1 aromatic heterocycles. The molecule has 5 heteroatoms. The van der Waals surface area contributed by atoms with E-state index in [1.807, 2.05) is 10.6 Å². The summed E-state index contributed by atoms with van der Waals surface area (Å²) in [4.78, 5) is 0. The fraction of sp³-hybridized carbons (Fsp3) is 0.630. The highest BCUT2D eigenvalue weighted by Gasteiger charge is 2.46. The maximum Gasteiger partial charge on any atom is 0.127 e. The number of rotatable bonds is 8. The van der Waals surface area contributed by atoms with Gasteiger partial charge in [-0.15, -0.1) is 10.2 Å². The molecule has 174 valence electrons. The average Bonchev–Trinajstić information content (AvgIpc) is 3.23. The zero-order valence-corrected chi connectivity index (χ0v) is 20.4. The third kappa shape index (κ3) is 4.57. The minimum absolute atomic E-state index is 0.0106. The quantitative estimate of drug-likeness (QED) is 0.377. The number of aromatic hydroxyl groups is 1. The van der Waals surface area contributed by atoms with Gasteiger partial charge in [0.2, 0.25) is 0 Å². The highest BCUT2D eigenvalue weighted by atomic mass is 16.5. The molecule has 0 amide bonds. The number of hydrogen-bond acceptors (Lipinski definition) is 4. The fourth-order valence-corrected chi connectivity index (χ4v) is 5.66. The van der Waals surface area contributed by atoms with Crippen LogP contribution in [0.25, 0.3) is 0 Å². The van der Waals surface area contributed by atoms with Crippen LogP contribution < -0.4 is 4.74 Å². The van der Waals surface area contributed by atoms with Crippen molar-refractivity contribution < 1.29 is 9.84 Å². The van der Waals surface area contributed by atoms with Crippen molar-refractivity contribution in [2.45, 2.75) is 103 Å². The summed E-state index contributed by atoms with van der Waals surface area (Å²) in [6.45, 7) is 12.0. The van der Waals surface area contributed by atoms with E-state index in [0.717, 1.165) is 37.1 Å².